The molecule has 1 aromatic heterocycles. The number of halogens is 1. The van der Waals surface area contributed by atoms with Crippen LogP contribution in [0.3, 0.4) is 0 Å². The van der Waals surface area contributed by atoms with Crippen LogP contribution in [0.5, 0.6) is 5.88 Å². The van der Waals surface area contributed by atoms with Crippen LogP contribution in [0.15, 0.2) is 24.3 Å². The second-order valence-corrected chi connectivity index (χ2v) is 3.04. The van der Waals surface area contributed by atoms with E-state index >= 15 is 0 Å². The van der Waals surface area contributed by atoms with Crippen molar-refractivity contribution in [1.82, 2.24) is 4.98 Å². The third-order valence-corrected chi connectivity index (χ3v) is 2.09. The molecule has 76 valence electrons. The van der Waals surface area contributed by atoms with Crippen LogP contribution in [-0.2, 0) is 0 Å². The maximum absolute atomic E-state index is 13.0. The molecule has 15 heavy (non-hydrogen) atoms. The molecule has 0 spiro atoms. The predicted molar refractivity (Wildman–Crippen MR) is 53.6 cm³/mol. The minimum absolute atomic E-state index is 0.258. The van der Waals surface area contributed by atoms with Crippen molar-refractivity contribution in [1.29, 1.82) is 0 Å². The number of rotatable bonds is 2. The first-order valence-corrected chi connectivity index (χ1v) is 4.34. The molecule has 1 heterocycles. The van der Waals surface area contributed by atoms with Gasteiger partial charge in [0.2, 0.25) is 5.88 Å². The van der Waals surface area contributed by atoms with Gasteiger partial charge in [-0.3, -0.25) is 4.79 Å². The van der Waals surface area contributed by atoms with Crippen molar-refractivity contribution in [2.45, 2.75) is 0 Å². The van der Waals surface area contributed by atoms with Crippen molar-refractivity contribution in [3.63, 3.8) is 0 Å². The molecule has 0 unspecified atom stereocenters. The van der Waals surface area contributed by atoms with E-state index in [2.05, 4.69) is 4.98 Å². The van der Waals surface area contributed by atoms with Gasteiger partial charge in [-0.05, 0) is 23.6 Å². The van der Waals surface area contributed by atoms with Gasteiger partial charge < -0.3 is 4.74 Å². The Bertz CT molecular complexity index is 525. The molecule has 0 aliphatic carbocycles. The molecule has 0 bridgehead atoms. The van der Waals surface area contributed by atoms with Crippen LogP contribution in [0, 0.1) is 5.82 Å². The maximum atomic E-state index is 13.0. The third-order valence-electron chi connectivity index (χ3n) is 2.09. The monoisotopic (exact) mass is 205 g/mol. The molecular weight excluding hydrogens is 197 g/mol. The normalized spacial score (nSPS) is 10.3. The molecular formula is C11H8FNO2. The number of pyridine rings is 1. The number of fused-ring (bicyclic) bond motifs is 1. The van der Waals surface area contributed by atoms with Crippen molar-refractivity contribution in [3.05, 3.63) is 35.8 Å². The fourth-order valence-corrected chi connectivity index (χ4v) is 1.42. The Morgan fingerprint density at radius 3 is 2.87 bits per heavy atom. The van der Waals surface area contributed by atoms with Crippen molar-refractivity contribution in [2.24, 2.45) is 0 Å². The summed E-state index contributed by atoms with van der Waals surface area (Å²) in [4.78, 5) is 14.5. The second-order valence-electron chi connectivity index (χ2n) is 3.04. The fourth-order valence-electron chi connectivity index (χ4n) is 1.42. The van der Waals surface area contributed by atoms with Gasteiger partial charge in [0.25, 0.3) is 0 Å². The highest BCUT2D eigenvalue weighted by Crippen LogP contribution is 2.24. The summed E-state index contributed by atoms with van der Waals surface area (Å²) >= 11 is 0. The molecule has 0 saturated carbocycles. The number of hydrogen-bond acceptors (Lipinski definition) is 3. The van der Waals surface area contributed by atoms with E-state index in [4.69, 9.17) is 4.74 Å². The molecule has 2 aromatic rings. The van der Waals surface area contributed by atoms with Crippen molar-refractivity contribution in [3.8, 4) is 5.88 Å². The lowest BCUT2D eigenvalue weighted by molar-refractivity contribution is 0.111. The SMILES string of the molecule is COc1nc(C=O)cc2ccc(F)cc12. The number of carbonyl (C=O) groups excluding carboxylic acids is 1. The summed E-state index contributed by atoms with van der Waals surface area (Å²) in [6, 6.07) is 5.83. The van der Waals surface area contributed by atoms with Crippen molar-refractivity contribution in [2.75, 3.05) is 7.11 Å². The molecule has 2 rings (SSSR count). The van der Waals surface area contributed by atoms with Crippen LogP contribution < -0.4 is 4.74 Å². The molecule has 3 nitrogen and oxygen atoms in total. The van der Waals surface area contributed by atoms with E-state index in [9.17, 15) is 9.18 Å². The Kier molecular flexibility index (Phi) is 2.33. The van der Waals surface area contributed by atoms with Crippen LogP contribution in [0.25, 0.3) is 10.8 Å². The zero-order chi connectivity index (χ0) is 10.8. The second kappa shape index (κ2) is 3.65. The first kappa shape index (κ1) is 9.58. The quantitative estimate of drug-likeness (QED) is 0.705. The predicted octanol–water partition coefficient (Wildman–Crippen LogP) is 2.20. The summed E-state index contributed by atoms with van der Waals surface area (Å²) in [5, 5.41) is 1.29. The molecule has 0 fully saturated rings. The Morgan fingerprint density at radius 1 is 1.40 bits per heavy atom. The highest BCUT2D eigenvalue weighted by atomic mass is 19.1. The summed E-state index contributed by atoms with van der Waals surface area (Å²) in [6.07, 6.45) is 0.630. The van der Waals surface area contributed by atoms with Gasteiger partial charge in [-0.1, -0.05) is 6.07 Å². The van der Waals surface area contributed by atoms with E-state index < -0.39 is 0 Å². The van der Waals surface area contributed by atoms with E-state index in [-0.39, 0.29) is 17.4 Å². The number of methoxy groups -OCH3 is 1. The van der Waals surface area contributed by atoms with Gasteiger partial charge >= 0.3 is 0 Å². The summed E-state index contributed by atoms with van der Waals surface area (Å²) < 4.78 is 18.0. The number of aldehydes is 1. The van der Waals surface area contributed by atoms with Crippen molar-refractivity contribution < 1.29 is 13.9 Å². The average Bonchev–Trinajstić information content (AvgIpc) is 2.27. The van der Waals surface area contributed by atoms with Crippen LogP contribution in [0.4, 0.5) is 4.39 Å². The van der Waals surface area contributed by atoms with E-state index in [1.54, 1.807) is 12.1 Å². The number of nitrogens with zero attached hydrogens (tertiary/aromatic N) is 1. The van der Waals surface area contributed by atoms with Gasteiger partial charge in [-0.25, -0.2) is 9.37 Å². The number of ether oxygens (including phenoxy) is 1. The van der Waals surface area contributed by atoms with Gasteiger partial charge in [0, 0.05) is 5.39 Å². The lowest BCUT2D eigenvalue weighted by atomic mass is 10.1. The molecule has 0 radical (unpaired) electrons. The van der Waals surface area contributed by atoms with Gasteiger partial charge in [0.05, 0.1) is 7.11 Å². The Balaban J connectivity index is 2.80. The standard InChI is InChI=1S/C11H8FNO2/c1-15-11-10-5-8(12)3-2-7(10)4-9(6-14)13-11/h2-6H,1H3. The van der Waals surface area contributed by atoms with E-state index in [0.717, 1.165) is 5.39 Å². The highest BCUT2D eigenvalue weighted by Gasteiger charge is 2.06. The number of carbonyl (C=O) groups is 1. The molecule has 0 aliphatic heterocycles. The number of hydrogen-bond donors (Lipinski definition) is 0. The van der Waals surface area contributed by atoms with Crippen LogP contribution >= 0.6 is 0 Å². The molecule has 0 saturated heterocycles. The fraction of sp³-hybridized carbons (Fsp3) is 0.0909. The zero-order valence-electron chi connectivity index (χ0n) is 8.03. The summed E-state index contributed by atoms with van der Waals surface area (Å²) in [6.45, 7) is 0. The smallest absolute Gasteiger partial charge is 0.221 e. The first-order valence-electron chi connectivity index (χ1n) is 4.34. The summed E-state index contributed by atoms with van der Waals surface area (Å²) in [7, 11) is 1.43. The minimum atomic E-state index is -0.360. The molecule has 0 aliphatic rings. The molecule has 0 amide bonds. The highest BCUT2D eigenvalue weighted by molar-refractivity contribution is 5.90. The number of aromatic nitrogens is 1. The van der Waals surface area contributed by atoms with E-state index in [1.165, 1.54) is 19.2 Å². The molecule has 4 heteroatoms. The first-order chi connectivity index (χ1) is 7.24. The van der Waals surface area contributed by atoms with Crippen molar-refractivity contribution >= 4 is 17.1 Å². The maximum Gasteiger partial charge on any atom is 0.221 e. The van der Waals surface area contributed by atoms with Gasteiger partial charge in [0.1, 0.15) is 11.5 Å². The Morgan fingerprint density at radius 2 is 2.20 bits per heavy atom. The summed E-state index contributed by atoms with van der Waals surface area (Å²) in [5.41, 5.74) is 0.269. The lowest BCUT2D eigenvalue weighted by Gasteiger charge is -2.05. The largest absolute Gasteiger partial charge is 0.481 e. The number of benzene rings is 1. The molecule has 0 N–H and O–H groups in total. The van der Waals surface area contributed by atoms with Crippen LogP contribution in [0.1, 0.15) is 10.5 Å². The zero-order valence-corrected chi connectivity index (χ0v) is 8.03. The van der Waals surface area contributed by atoms with Gasteiger partial charge in [0.15, 0.2) is 6.29 Å². The summed E-state index contributed by atoms with van der Waals surface area (Å²) in [5.74, 6) is -0.101. The minimum Gasteiger partial charge on any atom is -0.481 e. The van der Waals surface area contributed by atoms with Crippen LogP contribution in [0.2, 0.25) is 0 Å². The Labute approximate surface area is 85.5 Å². The van der Waals surface area contributed by atoms with Crippen LogP contribution in [-0.4, -0.2) is 18.4 Å². The third kappa shape index (κ3) is 1.66. The Hall–Kier alpha value is -1.97. The lowest BCUT2D eigenvalue weighted by Crippen LogP contribution is -1.94. The average molecular weight is 205 g/mol. The van der Waals surface area contributed by atoms with E-state index in [0.29, 0.717) is 11.7 Å². The molecule has 1 aromatic carbocycles. The van der Waals surface area contributed by atoms with E-state index in [1.807, 2.05) is 0 Å². The molecule has 0 atom stereocenters. The van der Waals surface area contributed by atoms with Gasteiger partial charge in [-0.2, -0.15) is 0 Å². The van der Waals surface area contributed by atoms with Gasteiger partial charge in [-0.15, -0.1) is 0 Å². The topological polar surface area (TPSA) is 39.2 Å².